The van der Waals surface area contributed by atoms with Crippen LogP contribution in [-0.4, -0.2) is 67.0 Å². The van der Waals surface area contributed by atoms with Gasteiger partial charge in [0.2, 0.25) is 0 Å². The van der Waals surface area contributed by atoms with E-state index in [-0.39, 0.29) is 16.4 Å². The average molecular weight is 377 g/mol. The van der Waals surface area contributed by atoms with Crippen molar-refractivity contribution in [2.45, 2.75) is 23.1 Å². The van der Waals surface area contributed by atoms with Gasteiger partial charge in [-0.25, -0.2) is 16.8 Å². The molecule has 7 nitrogen and oxygen atoms in total. The fraction of sp³-hybridized carbons (Fsp3) is 0.600. The molecule has 0 unspecified atom stereocenters. The van der Waals surface area contributed by atoms with Crippen molar-refractivity contribution in [3.63, 3.8) is 0 Å². The largest absolute Gasteiger partial charge is 0.496 e. The maximum absolute atomic E-state index is 12.9. The van der Waals surface area contributed by atoms with E-state index in [1.807, 2.05) is 0 Å². The summed E-state index contributed by atoms with van der Waals surface area (Å²) in [4.78, 5) is 0.112. The normalized spacial score (nSPS) is 23.3. The predicted octanol–water partition coefficient (Wildman–Crippen LogP) is 0.179. The molecule has 0 aliphatic carbocycles. The van der Waals surface area contributed by atoms with Crippen LogP contribution in [0.25, 0.3) is 0 Å². The molecule has 24 heavy (non-hydrogen) atoms. The molecule has 0 spiro atoms. The van der Waals surface area contributed by atoms with Gasteiger partial charge in [-0.2, -0.15) is 0 Å². The minimum absolute atomic E-state index is 0.112. The van der Waals surface area contributed by atoms with E-state index in [0.29, 0.717) is 24.5 Å². The van der Waals surface area contributed by atoms with Gasteiger partial charge in [0.15, 0.2) is 19.7 Å². The Kier molecular flexibility index (Phi) is 5.90. The van der Waals surface area contributed by atoms with Crippen molar-refractivity contribution >= 4 is 19.7 Å². The van der Waals surface area contributed by atoms with E-state index in [1.54, 1.807) is 13.0 Å². The highest BCUT2D eigenvalue weighted by Gasteiger charge is 2.45. The van der Waals surface area contributed by atoms with Crippen molar-refractivity contribution in [3.05, 3.63) is 23.8 Å². The smallest absolute Gasteiger partial charge is 0.183 e. The van der Waals surface area contributed by atoms with E-state index in [9.17, 15) is 16.8 Å². The summed E-state index contributed by atoms with van der Waals surface area (Å²) in [7, 11) is -4.15. The molecule has 0 saturated carbocycles. The Balaban J connectivity index is 2.33. The highest BCUT2D eigenvalue weighted by molar-refractivity contribution is 7.96. The molecular formula is C15H23NO6S2. The Bertz CT molecular complexity index is 788. The van der Waals surface area contributed by atoms with Gasteiger partial charge in [0, 0.05) is 19.7 Å². The van der Waals surface area contributed by atoms with Crippen LogP contribution in [0, 0.1) is 6.92 Å². The molecule has 0 radical (unpaired) electrons. The first-order valence-electron chi connectivity index (χ1n) is 7.52. The molecule has 1 fully saturated rings. The Morgan fingerprint density at radius 3 is 2.54 bits per heavy atom. The molecule has 1 N–H and O–H groups in total. The summed E-state index contributed by atoms with van der Waals surface area (Å²) in [5.41, 5.74) is 0.684. The van der Waals surface area contributed by atoms with Crippen LogP contribution in [0.5, 0.6) is 5.75 Å². The van der Waals surface area contributed by atoms with Crippen LogP contribution in [-0.2, 0) is 24.4 Å². The quantitative estimate of drug-likeness (QED) is 0.677. The Labute approximate surface area is 143 Å². The van der Waals surface area contributed by atoms with E-state index in [0.717, 1.165) is 0 Å². The monoisotopic (exact) mass is 377 g/mol. The second kappa shape index (κ2) is 7.38. The zero-order valence-corrected chi connectivity index (χ0v) is 15.6. The molecule has 0 amide bonds. The summed E-state index contributed by atoms with van der Waals surface area (Å²) in [6.45, 7) is 2.52. The summed E-state index contributed by atoms with van der Waals surface area (Å²) >= 11 is 0. The lowest BCUT2D eigenvalue weighted by atomic mass is 10.2. The van der Waals surface area contributed by atoms with Gasteiger partial charge in [-0.3, -0.25) is 0 Å². The zero-order chi connectivity index (χ0) is 18.0. The Hall–Kier alpha value is -1.16. The first-order valence-corrected chi connectivity index (χ1v) is 10.9. The first-order chi connectivity index (χ1) is 11.2. The van der Waals surface area contributed by atoms with Gasteiger partial charge in [0.05, 0.1) is 35.4 Å². The Morgan fingerprint density at radius 2 is 1.96 bits per heavy atom. The predicted molar refractivity (Wildman–Crippen MR) is 91.0 cm³/mol. The van der Waals surface area contributed by atoms with E-state index in [2.05, 4.69) is 5.32 Å². The van der Waals surface area contributed by atoms with Crippen molar-refractivity contribution in [1.29, 1.82) is 0 Å². The molecule has 1 aliphatic rings. The van der Waals surface area contributed by atoms with E-state index in [1.165, 1.54) is 26.4 Å². The number of sulfone groups is 2. The molecular weight excluding hydrogens is 354 g/mol. The fourth-order valence-electron chi connectivity index (χ4n) is 2.86. The lowest BCUT2D eigenvalue weighted by molar-refractivity contribution is 0.196. The van der Waals surface area contributed by atoms with Crippen LogP contribution in [0.4, 0.5) is 0 Å². The lowest BCUT2D eigenvalue weighted by Crippen LogP contribution is -2.44. The molecule has 1 saturated heterocycles. The van der Waals surface area contributed by atoms with Crippen molar-refractivity contribution in [2.75, 3.05) is 38.9 Å². The topological polar surface area (TPSA) is 98.8 Å². The minimum Gasteiger partial charge on any atom is -0.496 e. The molecule has 1 aromatic carbocycles. The number of ether oxygens (including phenoxy) is 2. The van der Waals surface area contributed by atoms with Gasteiger partial charge < -0.3 is 14.8 Å². The molecule has 1 aromatic rings. The van der Waals surface area contributed by atoms with Gasteiger partial charge in [0.1, 0.15) is 5.75 Å². The summed E-state index contributed by atoms with van der Waals surface area (Å²) in [6, 6.07) is 3.92. The van der Waals surface area contributed by atoms with E-state index in [4.69, 9.17) is 9.47 Å². The van der Waals surface area contributed by atoms with Crippen molar-refractivity contribution in [2.24, 2.45) is 0 Å². The molecule has 1 heterocycles. The number of nitrogens with one attached hydrogen (secondary N) is 1. The van der Waals surface area contributed by atoms with Crippen LogP contribution in [0.15, 0.2) is 23.1 Å². The van der Waals surface area contributed by atoms with Crippen LogP contribution in [0.3, 0.4) is 0 Å². The van der Waals surface area contributed by atoms with Gasteiger partial charge in [-0.15, -0.1) is 0 Å². The number of methoxy groups -OCH3 is 2. The maximum Gasteiger partial charge on any atom is 0.183 e. The van der Waals surface area contributed by atoms with E-state index >= 15 is 0 Å². The third kappa shape index (κ3) is 4.08. The highest BCUT2D eigenvalue weighted by atomic mass is 32.2. The lowest BCUT2D eigenvalue weighted by Gasteiger charge is -2.20. The first kappa shape index (κ1) is 19.2. The number of hydrogen-bond donors (Lipinski definition) is 1. The number of benzene rings is 1. The molecule has 0 bridgehead atoms. The van der Waals surface area contributed by atoms with Crippen LogP contribution in [0.2, 0.25) is 0 Å². The Morgan fingerprint density at radius 1 is 1.25 bits per heavy atom. The highest BCUT2D eigenvalue weighted by Crippen LogP contribution is 2.28. The SMILES string of the molecule is COCCN[C@H]1CS(=O)(=O)C[C@@H]1S(=O)(=O)c1ccc(OC)c(C)c1. The van der Waals surface area contributed by atoms with Crippen LogP contribution < -0.4 is 10.1 Å². The number of rotatable bonds is 7. The average Bonchev–Trinajstić information content (AvgIpc) is 2.83. The molecule has 0 aromatic heterocycles. The second-order valence-electron chi connectivity index (χ2n) is 5.85. The zero-order valence-electron chi connectivity index (χ0n) is 14.0. The second-order valence-corrected chi connectivity index (χ2v) is 10.2. The van der Waals surface area contributed by atoms with Gasteiger partial charge in [-0.1, -0.05) is 0 Å². The maximum atomic E-state index is 12.9. The van der Waals surface area contributed by atoms with Crippen molar-refractivity contribution in [3.8, 4) is 5.75 Å². The standard InChI is InChI=1S/C15H23NO6S2/c1-11-8-12(4-5-14(11)22-3)24(19,20)15-10-23(17,18)9-13(15)16-6-7-21-2/h4-5,8,13,15-16H,6-7,9-10H2,1-3H3/t13-,15-/m0/s1. The summed E-state index contributed by atoms with van der Waals surface area (Å²) in [6.07, 6.45) is 0. The molecule has 2 rings (SSSR count). The fourth-order valence-corrected chi connectivity index (χ4v) is 7.66. The third-order valence-electron chi connectivity index (χ3n) is 4.11. The molecule has 2 atom stereocenters. The number of hydrogen-bond acceptors (Lipinski definition) is 7. The third-order valence-corrected chi connectivity index (χ3v) is 8.25. The minimum atomic E-state index is -3.78. The van der Waals surface area contributed by atoms with Crippen molar-refractivity contribution < 1.29 is 26.3 Å². The summed E-state index contributed by atoms with van der Waals surface area (Å²) in [5.74, 6) is 0.0311. The van der Waals surface area contributed by atoms with Crippen molar-refractivity contribution in [1.82, 2.24) is 5.32 Å². The summed E-state index contributed by atoms with van der Waals surface area (Å²) < 4.78 is 59.9. The van der Waals surface area contributed by atoms with Crippen LogP contribution in [0.1, 0.15) is 5.56 Å². The van der Waals surface area contributed by atoms with Gasteiger partial charge in [0.25, 0.3) is 0 Å². The van der Waals surface area contributed by atoms with Crippen LogP contribution >= 0.6 is 0 Å². The summed E-state index contributed by atoms with van der Waals surface area (Å²) in [5, 5.41) is 1.99. The van der Waals surface area contributed by atoms with Gasteiger partial charge >= 0.3 is 0 Å². The molecule has 9 heteroatoms. The van der Waals surface area contributed by atoms with Gasteiger partial charge in [-0.05, 0) is 30.7 Å². The molecule has 136 valence electrons. The van der Waals surface area contributed by atoms with E-state index < -0.39 is 31.0 Å². The number of aryl methyl sites for hydroxylation is 1. The molecule has 1 aliphatic heterocycles.